The van der Waals surface area contributed by atoms with Gasteiger partial charge in [-0.25, -0.2) is 0 Å². The van der Waals surface area contributed by atoms with Crippen LogP contribution in [0.25, 0.3) is 0 Å². The third kappa shape index (κ3) is 2.76. The summed E-state index contributed by atoms with van der Waals surface area (Å²) < 4.78 is 0. The summed E-state index contributed by atoms with van der Waals surface area (Å²) in [5.74, 6) is -0.860. The number of benzene rings is 1. The molecule has 0 unspecified atom stereocenters. The first-order chi connectivity index (χ1) is 6.09. The van der Waals surface area contributed by atoms with Gasteiger partial charge in [0.15, 0.2) is 0 Å². The molecule has 13 heavy (non-hydrogen) atoms. The van der Waals surface area contributed by atoms with Gasteiger partial charge in [0.05, 0.1) is 0 Å². The van der Waals surface area contributed by atoms with E-state index < -0.39 is 12.0 Å². The van der Waals surface area contributed by atoms with E-state index in [0.717, 1.165) is 5.56 Å². The van der Waals surface area contributed by atoms with E-state index in [1.54, 1.807) is 12.1 Å². The summed E-state index contributed by atoms with van der Waals surface area (Å²) in [6, 6.07) is 5.42. The fraction of sp³-hybridized carbons (Fsp3) is 0.222. The Labute approximate surface area is 75.6 Å². The second kappa shape index (κ2) is 3.91. The normalized spacial score (nSPS) is 12.4. The van der Waals surface area contributed by atoms with E-state index in [-0.39, 0.29) is 12.2 Å². The van der Waals surface area contributed by atoms with Crippen molar-refractivity contribution in [2.24, 2.45) is 5.73 Å². The zero-order valence-electron chi connectivity index (χ0n) is 6.97. The zero-order chi connectivity index (χ0) is 9.84. The highest BCUT2D eigenvalue weighted by Crippen LogP contribution is 2.10. The van der Waals surface area contributed by atoms with Crippen LogP contribution in [0.1, 0.15) is 5.56 Å². The van der Waals surface area contributed by atoms with Crippen molar-refractivity contribution in [2.75, 3.05) is 0 Å². The maximum Gasteiger partial charge on any atom is 0.320 e. The minimum absolute atomic E-state index is 0.160. The zero-order valence-corrected chi connectivity index (χ0v) is 6.97. The Morgan fingerprint density at radius 3 is 2.38 bits per heavy atom. The van der Waals surface area contributed by atoms with Gasteiger partial charge in [0.2, 0.25) is 0 Å². The molecule has 0 aromatic heterocycles. The average molecular weight is 183 g/mol. The standard InChI is InChI=1S/C9H11NO3/c10-8(9(12)13)5-6-1-3-7(11)4-2-6/h1-4,8,11H,5,10H2,(H,12,13)/t8-/m1/s1/i8+2. The molecule has 1 atom stereocenters. The lowest BCUT2D eigenvalue weighted by molar-refractivity contribution is -0.138. The number of carbonyl (C=O) groups is 1. The first-order valence-electron chi connectivity index (χ1n) is 3.86. The van der Waals surface area contributed by atoms with E-state index in [1.807, 2.05) is 0 Å². The van der Waals surface area contributed by atoms with Crippen LogP contribution in [0.15, 0.2) is 24.3 Å². The molecule has 0 aliphatic rings. The third-order valence-electron chi connectivity index (χ3n) is 1.71. The smallest absolute Gasteiger partial charge is 0.320 e. The molecule has 0 saturated heterocycles. The Morgan fingerprint density at radius 1 is 1.38 bits per heavy atom. The summed E-state index contributed by atoms with van der Waals surface area (Å²) in [5, 5.41) is 17.5. The monoisotopic (exact) mass is 183 g/mol. The number of carboxylic acid groups (broad SMARTS) is 1. The van der Waals surface area contributed by atoms with E-state index in [2.05, 4.69) is 0 Å². The molecular formula is C9H11NO3. The highest BCUT2D eigenvalue weighted by atomic mass is 16.4. The molecule has 0 amide bonds. The van der Waals surface area contributed by atoms with Gasteiger partial charge in [-0.05, 0) is 24.1 Å². The third-order valence-corrected chi connectivity index (χ3v) is 1.71. The summed E-state index contributed by atoms with van der Waals surface area (Å²) in [6.07, 6.45) is 0.273. The van der Waals surface area contributed by atoms with Gasteiger partial charge in [-0.2, -0.15) is 0 Å². The van der Waals surface area contributed by atoms with E-state index in [4.69, 9.17) is 15.9 Å². The van der Waals surface area contributed by atoms with Crippen LogP contribution in [0.4, 0.5) is 0 Å². The van der Waals surface area contributed by atoms with Crippen molar-refractivity contribution in [3.05, 3.63) is 29.8 Å². The SMILES string of the molecule is N[14C@H](Cc1ccc(O)cc1)C(=O)O. The second-order valence-electron chi connectivity index (χ2n) is 2.82. The fourth-order valence-electron chi connectivity index (χ4n) is 0.973. The van der Waals surface area contributed by atoms with E-state index in [0.29, 0.717) is 0 Å². The number of aromatic hydroxyl groups is 1. The first-order valence-corrected chi connectivity index (χ1v) is 3.86. The quantitative estimate of drug-likeness (QED) is 0.631. The lowest BCUT2D eigenvalue weighted by Gasteiger charge is -2.05. The number of hydrogen-bond acceptors (Lipinski definition) is 3. The molecule has 4 heteroatoms. The van der Waals surface area contributed by atoms with Gasteiger partial charge < -0.3 is 15.9 Å². The fourth-order valence-corrected chi connectivity index (χ4v) is 0.973. The van der Waals surface area contributed by atoms with Gasteiger partial charge in [-0.1, -0.05) is 12.1 Å². The molecule has 1 aromatic rings. The predicted molar refractivity (Wildman–Crippen MR) is 47.4 cm³/mol. The summed E-state index contributed by atoms with van der Waals surface area (Å²) in [4.78, 5) is 10.4. The number of phenols is 1. The number of carboxylic acids is 1. The molecule has 0 spiro atoms. The van der Waals surface area contributed by atoms with Crippen molar-refractivity contribution in [1.29, 1.82) is 0 Å². The lowest BCUT2D eigenvalue weighted by atomic mass is 10.2. The van der Waals surface area contributed by atoms with Gasteiger partial charge in [0.1, 0.15) is 11.8 Å². The van der Waals surface area contributed by atoms with E-state index >= 15 is 0 Å². The first kappa shape index (κ1) is 9.54. The Hall–Kier alpha value is -1.55. The van der Waals surface area contributed by atoms with Crippen LogP contribution in [-0.2, 0) is 11.2 Å². The van der Waals surface area contributed by atoms with Crippen molar-refractivity contribution >= 4 is 5.97 Å². The molecule has 0 aliphatic carbocycles. The minimum atomic E-state index is -1.02. The van der Waals surface area contributed by atoms with Gasteiger partial charge in [0.25, 0.3) is 0 Å². The largest absolute Gasteiger partial charge is 0.508 e. The minimum Gasteiger partial charge on any atom is -0.508 e. The summed E-state index contributed by atoms with van der Waals surface area (Å²) in [5.41, 5.74) is 6.12. The summed E-state index contributed by atoms with van der Waals surface area (Å²) >= 11 is 0. The predicted octanol–water partition coefficient (Wildman–Crippen LogP) is 0.347. The number of hydrogen-bond donors (Lipinski definition) is 3. The molecule has 4 nitrogen and oxygen atoms in total. The molecule has 1 rings (SSSR count). The van der Waals surface area contributed by atoms with Crippen molar-refractivity contribution in [2.45, 2.75) is 12.5 Å². The maximum absolute atomic E-state index is 10.4. The molecule has 0 saturated carbocycles. The number of nitrogens with two attached hydrogens (primary N) is 1. The molecular weight excluding hydrogens is 172 g/mol. The van der Waals surface area contributed by atoms with E-state index in [9.17, 15) is 4.79 Å². The molecule has 0 fully saturated rings. The van der Waals surface area contributed by atoms with Crippen LogP contribution in [0, 0.1) is 0 Å². The number of rotatable bonds is 3. The van der Waals surface area contributed by atoms with Crippen molar-refractivity contribution in [1.82, 2.24) is 0 Å². The molecule has 4 N–H and O–H groups in total. The van der Waals surface area contributed by atoms with Gasteiger partial charge >= 0.3 is 5.97 Å². The Morgan fingerprint density at radius 2 is 1.92 bits per heavy atom. The Kier molecular flexibility index (Phi) is 2.87. The molecule has 0 aliphatic heterocycles. The van der Waals surface area contributed by atoms with Crippen LogP contribution >= 0.6 is 0 Å². The van der Waals surface area contributed by atoms with Crippen LogP contribution in [0.2, 0.25) is 0 Å². The van der Waals surface area contributed by atoms with Crippen molar-refractivity contribution in [3.8, 4) is 5.75 Å². The molecule has 0 bridgehead atoms. The maximum atomic E-state index is 10.4. The molecule has 1 aromatic carbocycles. The number of aliphatic carboxylic acids is 1. The molecule has 0 heterocycles. The van der Waals surface area contributed by atoms with Crippen LogP contribution < -0.4 is 5.73 Å². The summed E-state index contributed by atoms with van der Waals surface area (Å²) in [7, 11) is 0. The van der Waals surface area contributed by atoms with Crippen LogP contribution in [-0.4, -0.2) is 22.2 Å². The van der Waals surface area contributed by atoms with Gasteiger partial charge in [-0.15, -0.1) is 0 Å². The highest BCUT2D eigenvalue weighted by molar-refractivity contribution is 5.73. The average Bonchev–Trinajstić information content (AvgIpc) is 2.08. The Balaban J connectivity index is 2.64. The summed E-state index contributed by atoms with van der Waals surface area (Å²) in [6.45, 7) is 0. The molecule has 70 valence electrons. The van der Waals surface area contributed by atoms with E-state index in [1.165, 1.54) is 12.1 Å². The van der Waals surface area contributed by atoms with Crippen LogP contribution in [0.3, 0.4) is 0 Å². The lowest BCUT2D eigenvalue weighted by Crippen LogP contribution is -2.32. The van der Waals surface area contributed by atoms with Crippen LogP contribution in [0.5, 0.6) is 5.75 Å². The number of phenolic OH excluding ortho intramolecular Hbond substituents is 1. The second-order valence-corrected chi connectivity index (χ2v) is 2.82. The topological polar surface area (TPSA) is 83.5 Å². The Bertz CT molecular complexity index is 294. The highest BCUT2D eigenvalue weighted by Gasteiger charge is 2.11. The van der Waals surface area contributed by atoms with Gasteiger partial charge in [-0.3, -0.25) is 4.79 Å². The van der Waals surface area contributed by atoms with Crippen molar-refractivity contribution < 1.29 is 15.0 Å². The van der Waals surface area contributed by atoms with Crippen molar-refractivity contribution in [3.63, 3.8) is 0 Å². The molecule has 0 radical (unpaired) electrons. The van der Waals surface area contributed by atoms with Gasteiger partial charge in [0, 0.05) is 0 Å².